The van der Waals surface area contributed by atoms with Gasteiger partial charge in [-0.05, 0) is 49.2 Å². The van der Waals surface area contributed by atoms with Crippen LogP contribution < -0.4 is 15.2 Å². The van der Waals surface area contributed by atoms with Gasteiger partial charge in [0.15, 0.2) is 0 Å². The summed E-state index contributed by atoms with van der Waals surface area (Å²) in [7, 11) is 3.28. The molecular formula is C17H20ClNO2. The zero-order valence-electron chi connectivity index (χ0n) is 12.7. The second-order valence-electron chi connectivity index (χ2n) is 5.05. The summed E-state index contributed by atoms with van der Waals surface area (Å²) in [5, 5.41) is 0.679. The van der Waals surface area contributed by atoms with Crippen molar-refractivity contribution >= 4 is 11.6 Å². The van der Waals surface area contributed by atoms with E-state index in [2.05, 4.69) is 0 Å². The Balaban J connectivity index is 2.70. The van der Waals surface area contributed by atoms with E-state index in [9.17, 15) is 0 Å². The van der Waals surface area contributed by atoms with E-state index < -0.39 is 0 Å². The number of benzene rings is 2. The minimum atomic E-state index is -0.0472. The number of hydrogen-bond donors (Lipinski definition) is 1. The molecule has 4 heteroatoms. The summed E-state index contributed by atoms with van der Waals surface area (Å²) in [5.41, 5.74) is 9.90. The topological polar surface area (TPSA) is 44.5 Å². The molecule has 0 amide bonds. The Labute approximate surface area is 130 Å². The van der Waals surface area contributed by atoms with Crippen molar-refractivity contribution < 1.29 is 9.47 Å². The molecule has 0 saturated heterocycles. The molecule has 0 aliphatic rings. The van der Waals surface area contributed by atoms with Crippen molar-refractivity contribution in [3.63, 3.8) is 0 Å². The van der Waals surface area contributed by atoms with Crippen molar-refractivity contribution in [1.82, 2.24) is 0 Å². The van der Waals surface area contributed by atoms with Gasteiger partial charge in [-0.3, -0.25) is 0 Å². The summed E-state index contributed by atoms with van der Waals surface area (Å²) in [4.78, 5) is 0. The van der Waals surface area contributed by atoms with Gasteiger partial charge in [0.2, 0.25) is 0 Å². The van der Waals surface area contributed by atoms with Crippen molar-refractivity contribution in [3.8, 4) is 22.6 Å². The molecule has 3 nitrogen and oxygen atoms in total. The second kappa shape index (κ2) is 6.37. The molecule has 2 aromatic rings. The van der Waals surface area contributed by atoms with Crippen LogP contribution in [0.4, 0.5) is 0 Å². The maximum Gasteiger partial charge on any atom is 0.128 e. The first-order valence-corrected chi connectivity index (χ1v) is 7.13. The first-order chi connectivity index (χ1) is 9.97. The lowest BCUT2D eigenvalue weighted by Crippen LogP contribution is -2.05. The SMILES string of the molecule is COc1ccc(C(C)N)cc1-c1cc(C)c(Cl)cc1OC. The third-order valence-electron chi connectivity index (χ3n) is 3.52. The normalized spacial score (nSPS) is 12.1. The smallest absolute Gasteiger partial charge is 0.128 e. The molecule has 0 saturated carbocycles. The molecular weight excluding hydrogens is 286 g/mol. The van der Waals surface area contributed by atoms with Gasteiger partial charge in [-0.2, -0.15) is 0 Å². The zero-order chi connectivity index (χ0) is 15.6. The summed E-state index contributed by atoms with van der Waals surface area (Å²) in [6.07, 6.45) is 0. The molecule has 0 radical (unpaired) electrons. The van der Waals surface area contributed by atoms with Gasteiger partial charge < -0.3 is 15.2 Å². The van der Waals surface area contributed by atoms with Gasteiger partial charge in [-0.25, -0.2) is 0 Å². The van der Waals surface area contributed by atoms with Crippen molar-refractivity contribution in [2.24, 2.45) is 5.73 Å². The Morgan fingerprint density at radius 1 is 1.00 bits per heavy atom. The molecule has 0 aliphatic heterocycles. The Morgan fingerprint density at radius 2 is 1.62 bits per heavy atom. The number of nitrogens with two attached hydrogens (primary N) is 1. The molecule has 0 bridgehead atoms. The average molecular weight is 306 g/mol. The molecule has 21 heavy (non-hydrogen) atoms. The molecule has 2 aromatic carbocycles. The summed E-state index contributed by atoms with van der Waals surface area (Å²) in [5.74, 6) is 1.49. The maximum atomic E-state index is 6.18. The van der Waals surface area contributed by atoms with Crippen LogP contribution in [-0.2, 0) is 0 Å². The number of methoxy groups -OCH3 is 2. The lowest BCUT2D eigenvalue weighted by atomic mass is 9.97. The molecule has 2 rings (SSSR count). The van der Waals surface area contributed by atoms with Crippen LogP contribution in [-0.4, -0.2) is 14.2 Å². The van der Waals surface area contributed by atoms with Gasteiger partial charge in [0, 0.05) is 22.2 Å². The number of rotatable bonds is 4. The number of halogens is 1. The Morgan fingerprint density at radius 3 is 2.19 bits per heavy atom. The highest BCUT2D eigenvalue weighted by molar-refractivity contribution is 6.31. The van der Waals surface area contributed by atoms with E-state index >= 15 is 0 Å². The molecule has 1 unspecified atom stereocenters. The molecule has 0 fully saturated rings. The van der Waals surface area contributed by atoms with Crippen LogP contribution in [0.25, 0.3) is 11.1 Å². The quantitative estimate of drug-likeness (QED) is 0.913. The minimum absolute atomic E-state index is 0.0472. The lowest BCUT2D eigenvalue weighted by Gasteiger charge is -2.16. The van der Waals surface area contributed by atoms with Crippen molar-refractivity contribution in [1.29, 1.82) is 0 Å². The van der Waals surface area contributed by atoms with Crippen LogP contribution in [0, 0.1) is 6.92 Å². The van der Waals surface area contributed by atoms with E-state index in [-0.39, 0.29) is 6.04 Å². The van der Waals surface area contributed by atoms with E-state index in [1.807, 2.05) is 44.2 Å². The van der Waals surface area contributed by atoms with Gasteiger partial charge in [-0.1, -0.05) is 17.7 Å². The van der Waals surface area contributed by atoms with Crippen LogP contribution in [0.3, 0.4) is 0 Å². The highest BCUT2D eigenvalue weighted by atomic mass is 35.5. The third-order valence-corrected chi connectivity index (χ3v) is 3.93. The Bertz CT molecular complexity index is 653. The van der Waals surface area contributed by atoms with Crippen molar-refractivity contribution in [3.05, 3.63) is 46.5 Å². The second-order valence-corrected chi connectivity index (χ2v) is 5.46. The van der Waals surface area contributed by atoms with Gasteiger partial charge in [-0.15, -0.1) is 0 Å². The Kier molecular flexibility index (Phi) is 4.76. The van der Waals surface area contributed by atoms with Crippen molar-refractivity contribution in [2.45, 2.75) is 19.9 Å². The van der Waals surface area contributed by atoms with Gasteiger partial charge >= 0.3 is 0 Å². The standard InChI is InChI=1S/C17H20ClNO2/c1-10-7-13(17(21-4)9-15(10)18)14-8-12(11(2)19)5-6-16(14)20-3/h5-9,11H,19H2,1-4H3. The van der Waals surface area contributed by atoms with Gasteiger partial charge in [0.25, 0.3) is 0 Å². The maximum absolute atomic E-state index is 6.18. The summed E-state index contributed by atoms with van der Waals surface area (Å²) in [6, 6.07) is 9.72. The summed E-state index contributed by atoms with van der Waals surface area (Å²) >= 11 is 6.18. The summed E-state index contributed by atoms with van der Waals surface area (Å²) in [6.45, 7) is 3.92. The first-order valence-electron chi connectivity index (χ1n) is 6.76. The van der Waals surface area contributed by atoms with Crippen LogP contribution >= 0.6 is 11.6 Å². The zero-order valence-corrected chi connectivity index (χ0v) is 13.5. The van der Waals surface area contributed by atoms with E-state index in [0.29, 0.717) is 10.8 Å². The van der Waals surface area contributed by atoms with Crippen LogP contribution in [0.5, 0.6) is 11.5 Å². The molecule has 1 atom stereocenters. The van der Waals surface area contributed by atoms with Crippen molar-refractivity contribution in [2.75, 3.05) is 14.2 Å². The summed E-state index contributed by atoms with van der Waals surface area (Å²) < 4.78 is 10.9. The van der Waals surface area contributed by atoms with Gasteiger partial charge in [0.05, 0.1) is 14.2 Å². The van der Waals surface area contributed by atoms with E-state index in [4.69, 9.17) is 26.8 Å². The fraction of sp³-hybridized carbons (Fsp3) is 0.294. The lowest BCUT2D eigenvalue weighted by molar-refractivity contribution is 0.410. The third kappa shape index (κ3) is 3.14. The molecule has 0 spiro atoms. The minimum Gasteiger partial charge on any atom is -0.496 e. The molecule has 0 heterocycles. The Hall–Kier alpha value is -1.71. The highest BCUT2D eigenvalue weighted by Crippen LogP contribution is 2.40. The fourth-order valence-corrected chi connectivity index (χ4v) is 2.42. The predicted octanol–water partition coefficient (Wildman–Crippen LogP) is 4.35. The molecule has 0 aromatic heterocycles. The van der Waals surface area contributed by atoms with Crippen LogP contribution in [0.1, 0.15) is 24.1 Å². The fourth-order valence-electron chi connectivity index (χ4n) is 2.26. The molecule has 2 N–H and O–H groups in total. The molecule has 112 valence electrons. The van der Waals surface area contributed by atoms with E-state index in [1.54, 1.807) is 14.2 Å². The highest BCUT2D eigenvalue weighted by Gasteiger charge is 2.15. The van der Waals surface area contributed by atoms with Crippen LogP contribution in [0.15, 0.2) is 30.3 Å². The monoisotopic (exact) mass is 305 g/mol. The average Bonchev–Trinajstić information content (AvgIpc) is 2.48. The van der Waals surface area contributed by atoms with E-state index in [0.717, 1.165) is 28.0 Å². The van der Waals surface area contributed by atoms with Crippen LogP contribution in [0.2, 0.25) is 5.02 Å². The number of hydrogen-bond acceptors (Lipinski definition) is 3. The van der Waals surface area contributed by atoms with E-state index in [1.165, 1.54) is 0 Å². The van der Waals surface area contributed by atoms with Gasteiger partial charge in [0.1, 0.15) is 11.5 Å². The molecule has 0 aliphatic carbocycles. The number of ether oxygens (including phenoxy) is 2. The first kappa shape index (κ1) is 15.7. The number of aryl methyl sites for hydroxylation is 1. The largest absolute Gasteiger partial charge is 0.496 e. The predicted molar refractivity (Wildman–Crippen MR) is 87.3 cm³/mol.